The van der Waals surface area contributed by atoms with Crippen LogP contribution in [0.2, 0.25) is 0 Å². The second-order valence-corrected chi connectivity index (χ2v) is 6.76. The van der Waals surface area contributed by atoms with E-state index in [1.54, 1.807) is 11.8 Å². The summed E-state index contributed by atoms with van der Waals surface area (Å²) >= 11 is 1.73. The first-order valence-electron chi connectivity index (χ1n) is 6.24. The smallest absolute Gasteiger partial charge is 0.240 e. The summed E-state index contributed by atoms with van der Waals surface area (Å²) in [5.74, 6) is 1.13. The summed E-state index contributed by atoms with van der Waals surface area (Å²) in [4.78, 5) is 12.3. The van der Waals surface area contributed by atoms with Crippen molar-refractivity contribution >= 4 is 29.0 Å². The number of amides is 1. The van der Waals surface area contributed by atoms with Gasteiger partial charge in [0, 0.05) is 0 Å². The summed E-state index contributed by atoms with van der Waals surface area (Å²) < 4.78 is -0.300. The molecule has 0 spiro atoms. The van der Waals surface area contributed by atoms with Gasteiger partial charge in [0.15, 0.2) is 0 Å². The molecule has 1 aliphatic rings. The third-order valence-electron chi connectivity index (χ3n) is 3.61. The highest BCUT2D eigenvalue weighted by molar-refractivity contribution is 8.01. The van der Waals surface area contributed by atoms with Crippen molar-refractivity contribution in [1.82, 2.24) is 0 Å². The average Bonchev–Trinajstić information content (AvgIpc) is 2.74. The van der Waals surface area contributed by atoms with Crippen LogP contribution in [-0.4, -0.2) is 16.4 Å². The summed E-state index contributed by atoms with van der Waals surface area (Å²) in [7, 11) is 0. The third kappa shape index (κ3) is 2.48. The van der Waals surface area contributed by atoms with Crippen molar-refractivity contribution in [1.29, 1.82) is 0 Å². The van der Waals surface area contributed by atoms with Gasteiger partial charge in [0.2, 0.25) is 5.91 Å². The quantitative estimate of drug-likeness (QED) is 0.807. The van der Waals surface area contributed by atoms with Crippen molar-refractivity contribution in [2.24, 2.45) is 0 Å². The molecule has 4 heteroatoms. The molecule has 2 rings (SSSR count). The number of thioether (sulfide) groups is 1. The van der Waals surface area contributed by atoms with E-state index in [2.05, 4.69) is 5.32 Å². The van der Waals surface area contributed by atoms with E-state index in [0.717, 1.165) is 35.4 Å². The molecule has 0 aliphatic carbocycles. The van der Waals surface area contributed by atoms with Crippen LogP contribution in [0.5, 0.6) is 0 Å². The molecule has 1 atom stereocenters. The fourth-order valence-corrected chi connectivity index (χ4v) is 3.37. The Morgan fingerprint density at radius 2 is 2.06 bits per heavy atom. The Morgan fingerprint density at radius 1 is 1.39 bits per heavy atom. The fraction of sp³-hybridized carbons (Fsp3) is 0.500. The van der Waals surface area contributed by atoms with E-state index < -0.39 is 0 Å². The van der Waals surface area contributed by atoms with Gasteiger partial charge in [0.05, 0.1) is 16.1 Å². The van der Waals surface area contributed by atoms with Crippen molar-refractivity contribution in [3.63, 3.8) is 0 Å². The Bertz CT molecular complexity index is 479. The zero-order valence-corrected chi connectivity index (χ0v) is 12.0. The number of nitrogen functional groups attached to an aromatic ring is 1. The predicted molar refractivity (Wildman–Crippen MR) is 79.1 cm³/mol. The minimum absolute atomic E-state index is 0.0694. The van der Waals surface area contributed by atoms with Gasteiger partial charge in [-0.1, -0.05) is 0 Å². The summed E-state index contributed by atoms with van der Waals surface area (Å²) in [6.07, 6.45) is 2.05. The molecule has 0 bridgehead atoms. The highest BCUT2D eigenvalue weighted by Crippen LogP contribution is 2.39. The topological polar surface area (TPSA) is 55.1 Å². The highest BCUT2D eigenvalue weighted by Gasteiger charge is 2.37. The van der Waals surface area contributed by atoms with Crippen LogP contribution in [0.3, 0.4) is 0 Å². The van der Waals surface area contributed by atoms with E-state index in [1.807, 2.05) is 32.9 Å². The van der Waals surface area contributed by atoms with Gasteiger partial charge in [0.1, 0.15) is 0 Å². The van der Waals surface area contributed by atoms with Gasteiger partial charge >= 0.3 is 0 Å². The lowest BCUT2D eigenvalue weighted by Gasteiger charge is -2.22. The number of rotatable bonds is 2. The van der Waals surface area contributed by atoms with E-state index in [1.165, 1.54) is 0 Å². The average molecular weight is 264 g/mol. The summed E-state index contributed by atoms with van der Waals surface area (Å²) in [5.41, 5.74) is 9.62. The van der Waals surface area contributed by atoms with Crippen molar-refractivity contribution < 1.29 is 4.79 Å². The number of anilines is 2. The number of hydrogen-bond donors (Lipinski definition) is 2. The highest BCUT2D eigenvalue weighted by atomic mass is 32.2. The largest absolute Gasteiger partial charge is 0.397 e. The molecule has 3 nitrogen and oxygen atoms in total. The van der Waals surface area contributed by atoms with Gasteiger partial charge in [-0.3, -0.25) is 4.79 Å². The molecule has 1 saturated heterocycles. The maximum absolute atomic E-state index is 12.3. The van der Waals surface area contributed by atoms with E-state index in [4.69, 9.17) is 5.73 Å². The maximum Gasteiger partial charge on any atom is 0.240 e. The SMILES string of the molecule is Cc1cc(N)c(NC(=O)C2(C)CCCS2)cc1C. The second-order valence-electron chi connectivity index (χ2n) is 5.16. The van der Waals surface area contributed by atoms with Crippen LogP contribution in [0, 0.1) is 13.8 Å². The maximum atomic E-state index is 12.3. The summed E-state index contributed by atoms with van der Waals surface area (Å²) in [6, 6.07) is 3.86. The Hall–Kier alpha value is -1.16. The molecule has 98 valence electrons. The second kappa shape index (κ2) is 4.84. The van der Waals surface area contributed by atoms with Gasteiger partial charge in [-0.05, 0) is 62.6 Å². The van der Waals surface area contributed by atoms with Crippen LogP contribution in [0.25, 0.3) is 0 Å². The number of benzene rings is 1. The number of hydrogen-bond acceptors (Lipinski definition) is 3. The van der Waals surface area contributed by atoms with E-state index in [0.29, 0.717) is 5.69 Å². The fourth-order valence-electron chi connectivity index (χ4n) is 2.16. The first-order chi connectivity index (χ1) is 8.42. The van der Waals surface area contributed by atoms with Gasteiger partial charge in [-0.25, -0.2) is 0 Å². The predicted octanol–water partition coefficient (Wildman–Crippen LogP) is 3.11. The molecule has 18 heavy (non-hydrogen) atoms. The van der Waals surface area contributed by atoms with Crippen LogP contribution >= 0.6 is 11.8 Å². The Kier molecular flexibility index (Phi) is 3.57. The zero-order valence-electron chi connectivity index (χ0n) is 11.2. The van der Waals surface area contributed by atoms with Crippen LogP contribution in [0.4, 0.5) is 11.4 Å². The molecule has 1 fully saturated rings. The molecule has 0 radical (unpaired) electrons. The molecule has 3 N–H and O–H groups in total. The molecule has 1 aromatic rings. The van der Waals surface area contributed by atoms with E-state index in [-0.39, 0.29) is 10.7 Å². The lowest BCUT2D eigenvalue weighted by atomic mass is 10.0. The lowest BCUT2D eigenvalue weighted by Crippen LogP contribution is -2.34. The molecule has 1 aliphatic heterocycles. The number of aryl methyl sites for hydroxylation is 2. The molecule has 1 unspecified atom stereocenters. The molecule has 1 amide bonds. The van der Waals surface area contributed by atoms with Crippen LogP contribution in [0.15, 0.2) is 12.1 Å². The summed E-state index contributed by atoms with van der Waals surface area (Å²) in [6.45, 7) is 6.05. The molecule has 1 aromatic carbocycles. The van der Waals surface area contributed by atoms with Crippen molar-refractivity contribution in [3.8, 4) is 0 Å². The van der Waals surface area contributed by atoms with E-state index in [9.17, 15) is 4.79 Å². The molecule has 1 heterocycles. The Morgan fingerprint density at radius 3 is 2.67 bits per heavy atom. The van der Waals surface area contributed by atoms with Gasteiger partial charge in [-0.15, -0.1) is 11.8 Å². The van der Waals surface area contributed by atoms with Crippen molar-refractivity contribution in [2.45, 2.75) is 38.4 Å². The molecule has 0 saturated carbocycles. The first kappa shape index (κ1) is 13.3. The molecular formula is C14H20N2OS. The van der Waals surface area contributed by atoms with Gasteiger partial charge in [0.25, 0.3) is 0 Å². The Balaban J connectivity index is 2.19. The number of nitrogens with two attached hydrogens (primary N) is 1. The zero-order chi connectivity index (χ0) is 13.3. The normalized spacial score (nSPS) is 23.1. The number of carbonyl (C=O) groups is 1. The standard InChI is InChI=1S/C14H20N2OS/c1-9-7-11(15)12(8-10(9)2)16-13(17)14(3)5-4-6-18-14/h7-8H,4-6,15H2,1-3H3,(H,16,17). The Labute approximate surface area is 113 Å². The number of nitrogens with one attached hydrogen (secondary N) is 1. The third-order valence-corrected chi connectivity index (χ3v) is 5.13. The minimum atomic E-state index is -0.300. The molecular weight excluding hydrogens is 244 g/mol. The monoisotopic (exact) mass is 264 g/mol. The van der Waals surface area contributed by atoms with Gasteiger partial charge in [-0.2, -0.15) is 0 Å². The van der Waals surface area contributed by atoms with Crippen LogP contribution in [0.1, 0.15) is 30.9 Å². The van der Waals surface area contributed by atoms with Crippen molar-refractivity contribution in [2.75, 3.05) is 16.8 Å². The first-order valence-corrected chi connectivity index (χ1v) is 7.23. The van der Waals surface area contributed by atoms with Gasteiger partial charge < -0.3 is 11.1 Å². The van der Waals surface area contributed by atoms with E-state index >= 15 is 0 Å². The molecule has 0 aromatic heterocycles. The van der Waals surface area contributed by atoms with Crippen molar-refractivity contribution in [3.05, 3.63) is 23.3 Å². The minimum Gasteiger partial charge on any atom is -0.397 e. The lowest BCUT2D eigenvalue weighted by molar-refractivity contribution is -0.118. The number of carbonyl (C=O) groups excluding carboxylic acids is 1. The van der Waals surface area contributed by atoms with Crippen LogP contribution in [-0.2, 0) is 4.79 Å². The van der Waals surface area contributed by atoms with Crippen LogP contribution < -0.4 is 11.1 Å². The summed E-state index contributed by atoms with van der Waals surface area (Å²) in [5, 5.41) is 2.98.